The Kier molecular flexibility index (Phi) is 6.19. The van der Waals surface area contributed by atoms with Crippen molar-refractivity contribution in [3.05, 3.63) is 64.2 Å². The molecule has 0 bridgehead atoms. The van der Waals surface area contributed by atoms with Crippen molar-refractivity contribution in [2.75, 3.05) is 6.61 Å². The summed E-state index contributed by atoms with van der Waals surface area (Å²) in [4.78, 5) is 11.9. The van der Waals surface area contributed by atoms with Gasteiger partial charge in [-0.05, 0) is 55.0 Å². The highest BCUT2D eigenvalue weighted by atomic mass is 16.5. The maximum atomic E-state index is 11.9. The summed E-state index contributed by atoms with van der Waals surface area (Å²) >= 11 is 0. The highest BCUT2D eigenvalue weighted by molar-refractivity contribution is 5.85. The molecule has 0 spiro atoms. The third-order valence-electron chi connectivity index (χ3n) is 4.21. The van der Waals surface area contributed by atoms with Gasteiger partial charge in [-0.1, -0.05) is 50.6 Å². The molecule has 1 N–H and O–H groups in total. The zero-order valence-electron chi connectivity index (χ0n) is 16.5. The predicted octanol–water partition coefficient (Wildman–Crippen LogP) is 4.44. The van der Waals surface area contributed by atoms with E-state index in [4.69, 9.17) is 4.74 Å². The zero-order valence-corrected chi connectivity index (χ0v) is 16.5. The molecule has 0 radical (unpaired) electrons. The van der Waals surface area contributed by atoms with Gasteiger partial charge in [-0.15, -0.1) is 0 Å². The number of hydrogen-bond acceptors (Lipinski definition) is 3. The number of carbonyl (C=O) groups excluding carboxylic acids is 1. The Balaban J connectivity index is 1.88. The summed E-state index contributed by atoms with van der Waals surface area (Å²) in [5.41, 5.74) is 8.34. The molecule has 0 aliphatic rings. The molecule has 0 saturated carbocycles. The Morgan fingerprint density at radius 1 is 1.08 bits per heavy atom. The number of nitrogens with zero attached hydrogens (tertiary/aromatic N) is 1. The van der Waals surface area contributed by atoms with Crippen LogP contribution in [-0.2, 0) is 10.2 Å². The Hall–Kier alpha value is -2.62. The van der Waals surface area contributed by atoms with Gasteiger partial charge in [-0.25, -0.2) is 5.43 Å². The van der Waals surface area contributed by atoms with E-state index in [2.05, 4.69) is 50.4 Å². The second-order valence-electron chi connectivity index (χ2n) is 7.67. The number of benzene rings is 2. The molecule has 0 aliphatic heterocycles. The lowest BCUT2D eigenvalue weighted by Gasteiger charge is -2.19. The Labute approximate surface area is 156 Å². The van der Waals surface area contributed by atoms with Crippen LogP contribution in [0.25, 0.3) is 0 Å². The first-order valence-electron chi connectivity index (χ1n) is 8.80. The van der Waals surface area contributed by atoms with E-state index in [0.717, 1.165) is 16.7 Å². The number of hydrazone groups is 1. The fourth-order valence-corrected chi connectivity index (χ4v) is 2.80. The van der Waals surface area contributed by atoms with E-state index in [-0.39, 0.29) is 17.9 Å². The van der Waals surface area contributed by atoms with Crippen LogP contribution in [-0.4, -0.2) is 18.7 Å². The van der Waals surface area contributed by atoms with Gasteiger partial charge in [0.15, 0.2) is 6.61 Å². The van der Waals surface area contributed by atoms with Crippen LogP contribution in [0.4, 0.5) is 0 Å². The van der Waals surface area contributed by atoms with Crippen molar-refractivity contribution in [2.24, 2.45) is 5.10 Å². The monoisotopic (exact) mass is 352 g/mol. The van der Waals surface area contributed by atoms with Gasteiger partial charge in [0.05, 0.1) is 6.21 Å². The summed E-state index contributed by atoms with van der Waals surface area (Å²) in [5.74, 6) is 0.380. The van der Waals surface area contributed by atoms with Crippen molar-refractivity contribution in [3.8, 4) is 5.75 Å². The van der Waals surface area contributed by atoms with E-state index < -0.39 is 0 Å². The van der Waals surface area contributed by atoms with Crippen molar-refractivity contribution in [1.29, 1.82) is 0 Å². The summed E-state index contributed by atoms with van der Waals surface area (Å²) < 4.78 is 5.52. The summed E-state index contributed by atoms with van der Waals surface area (Å²) in [7, 11) is 0. The lowest BCUT2D eigenvalue weighted by atomic mass is 9.87. The first kappa shape index (κ1) is 19.7. The molecule has 0 aromatic heterocycles. The number of amides is 1. The molecular formula is C22H28N2O2. The van der Waals surface area contributed by atoms with Crippen molar-refractivity contribution in [2.45, 2.75) is 47.0 Å². The molecule has 138 valence electrons. The van der Waals surface area contributed by atoms with Gasteiger partial charge in [-0.2, -0.15) is 5.10 Å². The number of ether oxygens (including phenoxy) is 1. The second kappa shape index (κ2) is 8.17. The highest BCUT2D eigenvalue weighted by Gasteiger charge is 2.13. The maximum absolute atomic E-state index is 11.9. The van der Waals surface area contributed by atoms with E-state index in [1.54, 1.807) is 6.21 Å². The zero-order chi connectivity index (χ0) is 19.3. The van der Waals surface area contributed by atoms with Crippen LogP contribution in [0.1, 0.15) is 48.6 Å². The molecule has 1 amide bonds. The number of carbonyl (C=O) groups is 1. The Bertz CT molecular complexity index is 777. The number of hydrogen-bond donors (Lipinski definition) is 1. The van der Waals surface area contributed by atoms with Gasteiger partial charge in [-0.3, -0.25) is 4.79 Å². The quantitative estimate of drug-likeness (QED) is 0.639. The average molecular weight is 352 g/mol. The van der Waals surface area contributed by atoms with Gasteiger partial charge in [0.1, 0.15) is 5.75 Å². The molecule has 0 unspecified atom stereocenters. The number of aryl methyl sites for hydroxylation is 3. The summed E-state index contributed by atoms with van der Waals surface area (Å²) in [6.45, 7) is 12.5. The highest BCUT2D eigenvalue weighted by Crippen LogP contribution is 2.24. The van der Waals surface area contributed by atoms with E-state index in [9.17, 15) is 4.79 Å². The van der Waals surface area contributed by atoms with Crippen LogP contribution >= 0.6 is 0 Å². The fraction of sp³-hybridized carbons (Fsp3) is 0.364. The van der Waals surface area contributed by atoms with Crippen molar-refractivity contribution < 1.29 is 9.53 Å². The summed E-state index contributed by atoms with van der Waals surface area (Å²) in [5, 5.41) is 4.05. The first-order chi connectivity index (χ1) is 12.2. The minimum absolute atomic E-state index is 0.0714. The summed E-state index contributed by atoms with van der Waals surface area (Å²) in [6, 6.07) is 12.0. The lowest BCUT2D eigenvalue weighted by molar-refractivity contribution is -0.123. The van der Waals surface area contributed by atoms with E-state index in [0.29, 0.717) is 5.75 Å². The minimum atomic E-state index is -0.288. The van der Waals surface area contributed by atoms with E-state index in [1.165, 1.54) is 11.1 Å². The molecule has 4 nitrogen and oxygen atoms in total. The van der Waals surface area contributed by atoms with Crippen LogP contribution in [0, 0.1) is 20.8 Å². The van der Waals surface area contributed by atoms with Gasteiger partial charge in [0.25, 0.3) is 5.91 Å². The van der Waals surface area contributed by atoms with Crippen LogP contribution in [0.2, 0.25) is 0 Å². The second-order valence-corrected chi connectivity index (χ2v) is 7.67. The van der Waals surface area contributed by atoms with E-state index in [1.807, 2.05) is 38.1 Å². The molecule has 0 aliphatic carbocycles. The SMILES string of the molecule is Cc1cc(C)c(/C=N\NC(=O)COc2ccc(C(C)(C)C)cc2)c(C)c1. The van der Waals surface area contributed by atoms with Gasteiger partial charge in [0, 0.05) is 5.56 Å². The normalized spacial score (nSPS) is 11.6. The van der Waals surface area contributed by atoms with Crippen LogP contribution in [0.5, 0.6) is 5.75 Å². The third kappa shape index (κ3) is 5.45. The van der Waals surface area contributed by atoms with Crippen molar-refractivity contribution >= 4 is 12.1 Å². The topological polar surface area (TPSA) is 50.7 Å². The number of nitrogens with one attached hydrogen (secondary N) is 1. The van der Waals surface area contributed by atoms with Gasteiger partial charge in [0.2, 0.25) is 0 Å². The molecule has 2 rings (SSSR count). The smallest absolute Gasteiger partial charge is 0.277 e. The third-order valence-corrected chi connectivity index (χ3v) is 4.21. The largest absolute Gasteiger partial charge is 0.484 e. The fourth-order valence-electron chi connectivity index (χ4n) is 2.80. The Morgan fingerprint density at radius 3 is 2.19 bits per heavy atom. The molecule has 0 fully saturated rings. The molecule has 26 heavy (non-hydrogen) atoms. The van der Waals surface area contributed by atoms with Gasteiger partial charge < -0.3 is 4.74 Å². The summed E-state index contributed by atoms with van der Waals surface area (Å²) in [6.07, 6.45) is 1.68. The van der Waals surface area contributed by atoms with Gasteiger partial charge >= 0.3 is 0 Å². The molecule has 0 heterocycles. The average Bonchev–Trinajstić information content (AvgIpc) is 2.55. The molecule has 2 aromatic carbocycles. The molecule has 0 atom stereocenters. The first-order valence-corrected chi connectivity index (χ1v) is 8.80. The van der Waals surface area contributed by atoms with Crippen LogP contribution in [0.3, 0.4) is 0 Å². The van der Waals surface area contributed by atoms with E-state index >= 15 is 0 Å². The molecule has 4 heteroatoms. The molecule has 2 aromatic rings. The number of rotatable bonds is 5. The molecule has 0 saturated heterocycles. The predicted molar refractivity (Wildman–Crippen MR) is 107 cm³/mol. The standard InChI is InChI=1S/C22H28N2O2/c1-15-11-16(2)20(17(3)12-15)13-23-24-21(25)14-26-19-9-7-18(8-10-19)22(4,5)6/h7-13H,14H2,1-6H3,(H,24,25)/b23-13-. The van der Waals surface area contributed by atoms with Crippen LogP contribution in [0.15, 0.2) is 41.5 Å². The Morgan fingerprint density at radius 2 is 1.65 bits per heavy atom. The lowest BCUT2D eigenvalue weighted by Crippen LogP contribution is -2.24. The van der Waals surface area contributed by atoms with Crippen LogP contribution < -0.4 is 10.2 Å². The maximum Gasteiger partial charge on any atom is 0.277 e. The minimum Gasteiger partial charge on any atom is -0.484 e. The molecular weight excluding hydrogens is 324 g/mol. The van der Waals surface area contributed by atoms with Crippen molar-refractivity contribution in [1.82, 2.24) is 5.43 Å². The van der Waals surface area contributed by atoms with Crippen molar-refractivity contribution in [3.63, 3.8) is 0 Å².